The molecule has 0 amide bonds. The number of hydrogen-bond acceptors (Lipinski definition) is 1. The number of rotatable bonds is 6. The van der Waals surface area contributed by atoms with Crippen LogP contribution in [0.4, 0.5) is 0 Å². The van der Waals surface area contributed by atoms with Crippen LogP contribution in [0.2, 0.25) is 0 Å². The summed E-state index contributed by atoms with van der Waals surface area (Å²) < 4.78 is 0. The molecule has 1 fully saturated rings. The maximum atomic E-state index is 4.70. The van der Waals surface area contributed by atoms with Crippen LogP contribution in [-0.2, 0) is 0 Å². The van der Waals surface area contributed by atoms with Crippen molar-refractivity contribution in [2.75, 3.05) is 0 Å². The first-order valence-electron chi connectivity index (χ1n) is 8.46. The molecule has 0 radical (unpaired) electrons. The molecule has 1 saturated carbocycles. The topological polar surface area (TPSA) is 12.9 Å². The average molecular weight is 271 g/mol. The van der Waals surface area contributed by atoms with Crippen molar-refractivity contribution < 1.29 is 0 Å². The molecule has 0 spiro atoms. The summed E-state index contributed by atoms with van der Waals surface area (Å²) in [4.78, 5) is 4.70. The second-order valence-corrected chi connectivity index (χ2v) is 6.21. The second-order valence-electron chi connectivity index (χ2n) is 6.21. The largest absolute Gasteiger partial charge is 0.260 e. The first kappa shape index (κ1) is 15.3. The van der Waals surface area contributed by atoms with Gasteiger partial charge in [-0.2, -0.15) is 0 Å². The second kappa shape index (κ2) is 8.24. The van der Waals surface area contributed by atoms with Gasteiger partial charge in [0, 0.05) is 17.8 Å². The van der Waals surface area contributed by atoms with Crippen LogP contribution in [0.25, 0.3) is 6.08 Å². The van der Waals surface area contributed by atoms with Crippen molar-refractivity contribution in [1.82, 2.24) is 4.98 Å². The molecule has 2 rings (SSSR count). The van der Waals surface area contributed by atoms with Crippen LogP contribution in [0.5, 0.6) is 0 Å². The zero-order chi connectivity index (χ0) is 14.2. The van der Waals surface area contributed by atoms with E-state index in [0.29, 0.717) is 5.92 Å². The molecule has 1 aromatic heterocycles. The highest BCUT2D eigenvalue weighted by molar-refractivity contribution is 5.47. The van der Waals surface area contributed by atoms with Gasteiger partial charge in [-0.05, 0) is 49.7 Å². The molecule has 0 aliphatic heterocycles. The fourth-order valence-corrected chi connectivity index (χ4v) is 3.30. The molecule has 1 heterocycles. The molecule has 1 aliphatic carbocycles. The lowest BCUT2D eigenvalue weighted by Gasteiger charge is -2.28. The van der Waals surface area contributed by atoms with Gasteiger partial charge < -0.3 is 0 Å². The van der Waals surface area contributed by atoms with Gasteiger partial charge in [-0.1, -0.05) is 51.3 Å². The smallest absolute Gasteiger partial charge is 0.0434 e. The summed E-state index contributed by atoms with van der Waals surface area (Å²) in [5, 5.41) is 0. The molecule has 0 aromatic carbocycles. The summed E-state index contributed by atoms with van der Waals surface area (Å²) in [6, 6.07) is 4.48. The third-order valence-electron chi connectivity index (χ3n) is 4.54. The van der Waals surface area contributed by atoms with Gasteiger partial charge in [0.25, 0.3) is 0 Å². The summed E-state index contributed by atoms with van der Waals surface area (Å²) in [5.41, 5.74) is 2.55. The van der Waals surface area contributed by atoms with E-state index in [0.717, 1.165) is 12.3 Å². The summed E-state index contributed by atoms with van der Waals surface area (Å²) in [6.07, 6.45) is 17.1. The lowest BCUT2D eigenvalue weighted by atomic mass is 9.78. The monoisotopic (exact) mass is 271 g/mol. The van der Waals surface area contributed by atoms with Crippen LogP contribution in [0.15, 0.2) is 24.4 Å². The first-order chi connectivity index (χ1) is 9.83. The Morgan fingerprint density at radius 2 is 1.90 bits per heavy atom. The van der Waals surface area contributed by atoms with Crippen molar-refractivity contribution in [1.29, 1.82) is 0 Å². The van der Waals surface area contributed by atoms with Gasteiger partial charge in [0.05, 0.1) is 0 Å². The Kier molecular flexibility index (Phi) is 6.29. The van der Waals surface area contributed by atoms with Crippen molar-refractivity contribution in [3.63, 3.8) is 0 Å². The van der Waals surface area contributed by atoms with Crippen molar-refractivity contribution in [3.05, 3.63) is 35.7 Å². The third kappa shape index (κ3) is 4.47. The van der Waals surface area contributed by atoms with Gasteiger partial charge in [-0.25, -0.2) is 0 Å². The zero-order valence-electron chi connectivity index (χ0n) is 13.1. The maximum absolute atomic E-state index is 4.70. The maximum Gasteiger partial charge on any atom is 0.0434 e. The quantitative estimate of drug-likeness (QED) is 0.621. The molecule has 0 bridgehead atoms. The van der Waals surface area contributed by atoms with E-state index in [1.807, 2.05) is 6.20 Å². The Morgan fingerprint density at radius 1 is 1.10 bits per heavy atom. The molecule has 0 saturated heterocycles. The van der Waals surface area contributed by atoms with Crippen LogP contribution in [0, 0.1) is 5.92 Å². The lowest BCUT2D eigenvalue weighted by Crippen LogP contribution is -2.14. The van der Waals surface area contributed by atoms with E-state index in [2.05, 4.69) is 38.1 Å². The molecule has 110 valence electrons. The molecule has 1 aromatic rings. The van der Waals surface area contributed by atoms with Gasteiger partial charge in [0.15, 0.2) is 0 Å². The lowest BCUT2D eigenvalue weighted by molar-refractivity contribution is 0.305. The number of unbranched alkanes of at least 4 members (excludes halogenated alkanes) is 1. The number of pyridine rings is 1. The van der Waals surface area contributed by atoms with Crippen molar-refractivity contribution in [3.8, 4) is 0 Å². The van der Waals surface area contributed by atoms with E-state index in [1.165, 1.54) is 56.2 Å². The molecular weight excluding hydrogens is 242 g/mol. The van der Waals surface area contributed by atoms with Gasteiger partial charge in [0.1, 0.15) is 0 Å². The third-order valence-corrected chi connectivity index (χ3v) is 4.54. The molecule has 1 nitrogen and oxygen atoms in total. The summed E-state index contributed by atoms with van der Waals surface area (Å²) in [7, 11) is 0. The van der Waals surface area contributed by atoms with E-state index < -0.39 is 0 Å². The van der Waals surface area contributed by atoms with Crippen LogP contribution in [-0.4, -0.2) is 4.98 Å². The number of hydrogen-bond donors (Lipinski definition) is 0. The minimum atomic E-state index is 0.705. The Bertz CT molecular complexity index is 396. The van der Waals surface area contributed by atoms with Gasteiger partial charge >= 0.3 is 0 Å². The van der Waals surface area contributed by atoms with Gasteiger partial charge in [-0.15, -0.1) is 0 Å². The Morgan fingerprint density at radius 3 is 2.50 bits per heavy atom. The molecule has 0 N–H and O–H groups in total. The Balaban J connectivity index is 1.87. The summed E-state index contributed by atoms with van der Waals surface area (Å²) >= 11 is 0. The molecular formula is C19H29N. The molecule has 1 heteroatoms. The van der Waals surface area contributed by atoms with E-state index in [1.54, 1.807) is 0 Å². The average Bonchev–Trinajstić information content (AvgIpc) is 2.49. The molecule has 0 atom stereocenters. The molecule has 1 aliphatic rings. The van der Waals surface area contributed by atoms with Crippen LogP contribution in [0.1, 0.15) is 82.4 Å². The van der Waals surface area contributed by atoms with Gasteiger partial charge in [0.2, 0.25) is 0 Å². The van der Waals surface area contributed by atoms with E-state index >= 15 is 0 Å². The van der Waals surface area contributed by atoms with E-state index in [4.69, 9.17) is 4.98 Å². The highest BCUT2D eigenvalue weighted by atomic mass is 14.7. The fraction of sp³-hybridized carbons (Fsp3) is 0.632. The highest BCUT2D eigenvalue weighted by Gasteiger charge is 2.22. The number of allylic oxidation sites excluding steroid dienone is 1. The predicted molar refractivity (Wildman–Crippen MR) is 87.8 cm³/mol. The number of aromatic nitrogens is 1. The van der Waals surface area contributed by atoms with Gasteiger partial charge in [-0.3, -0.25) is 4.98 Å². The van der Waals surface area contributed by atoms with Crippen molar-refractivity contribution in [2.45, 2.75) is 71.1 Å². The van der Waals surface area contributed by atoms with Crippen LogP contribution in [0.3, 0.4) is 0 Å². The highest BCUT2D eigenvalue weighted by Crippen LogP contribution is 2.36. The van der Waals surface area contributed by atoms with Crippen molar-refractivity contribution in [2.24, 2.45) is 5.92 Å². The fourth-order valence-electron chi connectivity index (χ4n) is 3.30. The number of nitrogens with zero attached hydrogens (tertiary/aromatic N) is 1. The summed E-state index contributed by atoms with van der Waals surface area (Å²) in [5.74, 6) is 1.68. The summed E-state index contributed by atoms with van der Waals surface area (Å²) in [6.45, 7) is 4.51. The Hall–Kier alpha value is -1.11. The van der Waals surface area contributed by atoms with E-state index in [-0.39, 0.29) is 0 Å². The van der Waals surface area contributed by atoms with E-state index in [9.17, 15) is 0 Å². The molecule has 20 heavy (non-hydrogen) atoms. The Labute approximate surface area is 124 Å². The first-order valence-corrected chi connectivity index (χ1v) is 8.46. The minimum absolute atomic E-state index is 0.705. The van der Waals surface area contributed by atoms with Crippen LogP contribution < -0.4 is 0 Å². The SMILES string of the molecule is CCCC=Cc1ccc(C2CCC(CCC)CC2)nc1. The molecule has 0 unspecified atom stereocenters. The predicted octanol–water partition coefficient (Wildman–Crippen LogP) is 5.97. The normalized spacial score (nSPS) is 23.3. The zero-order valence-corrected chi connectivity index (χ0v) is 13.1. The van der Waals surface area contributed by atoms with Crippen molar-refractivity contribution >= 4 is 6.08 Å². The standard InChI is InChI=1S/C19H29N/c1-3-5-6-8-17-11-14-19(20-15-17)18-12-9-16(7-4-2)10-13-18/h6,8,11,14-16,18H,3-5,7,9-10,12-13H2,1-2H3. The minimum Gasteiger partial charge on any atom is -0.260 e. The van der Waals surface area contributed by atoms with Crippen LogP contribution >= 0.6 is 0 Å².